The van der Waals surface area contributed by atoms with Crippen molar-refractivity contribution in [3.8, 4) is 0 Å². The predicted molar refractivity (Wildman–Crippen MR) is 111 cm³/mol. The second-order valence-corrected chi connectivity index (χ2v) is 7.03. The van der Waals surface area contributed by atoms with E-state index in [1.54, 1.807) is 0 Å². The van der Waals surface area contributed by atoms with E-state index in [0.29, 0.717) is 0 Å². The molecule has 0 aliphatic carbocycles. The van der Waals surface area contributed by atoms with E-state index in [-0.39, 0.29) is 0 Å². The van der Waals surface area contributed by atoms with Crippen molar-refractivity contribution in [3.05, 3.63) is 53.2 Å². The van der Waals surface area contributed by atoms with Crippen molar-refractivity contribution in [2.24, 2.45) is 0 Å². The number of pyridine rings is 1. The minimum atomic E-state index is 0.823. The lowest BCUT2D eigenvalue weighted by atomic mass is 10.1. The Morgan fingerprint density at radius 2 is 1.54 bits per heavy atom. The fraction of sp³-hybridized carbons (Fsp3) is 0.450. The molecule has 0 bridgehead atoms. The van der Waals surface area contributed by atoms with Crippen LogP contribution in [0.5, 0.6) is 0 Å². The van der Waals surface area contributed by atoms with Crippen LogP contribution in [0.4, 0.5) is 11.5 Å². The Kier molecular flexibility index (Phi) is 7.12. The van der Waals surface area contributed by atoms with Crippen LogP contribution in [0.3, 0.4) is 0 Å². The van der Waals surface area contributed by atoms with Gasteiger partial charge in [-0.05, 0) is 36.8 Å². The molecule has 2 aliphatic heterocycles. The smallest absolute Gasteiger partial charge is 0.128 e. The van der Waals surface area contributed by atoms with Crippen LogP contribution in [0.2, 0.25) is 5.02 Å². The summed E-state index contributed by atoms with van der Waals surface area (Å²) in [6, 6.07) is 12.1. The van der Waals surface area contributed by atoms with E-state index in [1.807, 2.05) is 24.4 Å². The van der Waals surface area contributed by atoms with Gasteiger partial charge in [0.1, 0.15) is 5.82 Å². The first-order valence-electron chi connectivity index (χ1n) is 9.32. The SMILES string of the molecule is Cc1ccc(Cl)cc1N1CCNCC1.c1ccc(N2CCNCC2)nc1. The molecule has 3 heterocycles. The molecule has 0 spiro atoms. The van der Waals surface area contributed by atoms with Gasteiger partial charge >= 0.3 is 0 Å². The van der Waals surface area contributed by atoms with Gasteiger partial charge in [-0.25, -0.2) is 4.98 Å². The van der Waals surface area contributed by atoms with Crippen molar-refractivity contribution in [2.45, 2.75) is 6.92 Å². The molecule has 0 saturated carbocycles. The number of hydrogen-bond acceptors (Lipinski definition) is 5. The third-order valence-electron chi connectivity index (χ3n) is 4.72. The van der Waals surface area contributed by atoms with Gasteiger partial charge in [-0.15, -0.1) is 0 Å². The highest BCUT2D eigenvalue weighted by Gasteiger charge is 2.12. The third-order valence-corrected chi connectivity index (χ3v) is 4.95. The number of hydrogen-bond donors (Lipinski definition) is 2. The second-order valence-electron chi connectivity index (χ2n) is 6.59. The molecule has 5 nitrogen and oxygen atoms in total. The summed E-state index contributed by atoms with van der Waals surface area (Å²) in [4.78, 5) is 8.99. The fourth-order valence-electron chi connectivity index (χ4n) is 3.26. The van der Waals surface area contributed by atoms with Crippen LogP contribution < -0.4 is 20.4 Å². The molecule has 0 radical (unpaired) electrons. The van der Waals surface area contributed by atoms with Gasteiger partial charge < -0.3 is 20.4 Å². The molecular formula is C20H28ClN5. The Hall–Kier alpha value is -1.82. The predicted octanol–water partition coefficient (Wildman–Crippen LogP) is 2.55. The lowest BCUT2D eigenvalue weighted by molar-refractivity contribution is 0.585. The maximum atomic E-state index is 5.99. The summed E-state index contributed by atoms with van der Waals surface area (Å²) >= 11 is 5.99. The number of nitrogens with zero attached hydrogens (tertiary/aromatic N) is 3. The lowest BCUT2D eigenvalue weighted by Crippen LogP contribution is -2.43. The zero-order valence-electron chi connectivity index (χ0n) is 15.4. The first-order chi connectivity index (χ1) is 12.7. The summed E-state index contributed by atoms with van der Waals surface area (Å²) in [5.41, 5.74) is 2.58. The molecule has 0 atom stereocenters. The monoisotopic (exact) mass is 373 g/mol. The summed E-state index contributed by atoms with van der Waals surface area (Å²) in [7, 11) is 0. The molecule has 2 aromatic rings. The number of anilines is 2. The first-order valence-corrected chi connectivity index (χ1v) is 9.70. The van der Waals surface area contributed by atoms with E-state index >= 15 is 0 Å². The number of piperazine rings is 2. The number of benzene rings is 1. The van der Waals surface area contributed by atoms with Gasteiger partial charge in [0, 0.05) is 69.3 Å². The fourth-order valence-corrected chi connectivity index (χ4v) is 3.43. The minimum Gasteiger partial charge on any atom is -0.369 e. The normalized spacial score (nSPS) is 17.5. The molecule has 1 aromatic heterocycles. The first kappa shape index (κ1) is 19.0. The lowest BCUT2D eigenvalue weighted by Gasteiger charge is -2.30. The van der Waals surface area contributed by atoms with E-state index in [4.69, 9.17) is 11.6 Å². The van der Waals surface area contributed by atoms with Gasteiger partial charge in [-0.2, -0.15) is 0 Å². The van der Waals surface area contributed by atoms with Crippen molar-refractivity contribution in [1.82, 2.24) is 15.6 Å². The largest absolute Gasteiger partial charge is 0.369 e. The highest BCUT2D eigenvalue weighted by Crippen LogP contribution is 2.24. The van der Waals surface area contributed by atoms with E-state index < -0.39 is 0 Å². The van der Waals surface area contributed by atoms with Crippen LogP contribution in [0.1, 0.15) is 5.56 Å². The Bertz CT molecular complexity index is 667. The van der Waals surface area contributed by atoms with Gasteiger partial charge in [0.05, 0.1) is 0 Å². The van der Waals surface area contributed by atoms with Crippen molar-refractivity contribution >= 4 is 23.1 Å². The zero-order valence-corrected chi connectivity index (χ0v) is 16.2. The van der Waals surface area contributed by atoms with Gasteiger partial charge in [0.25, 0.3) is 0 Å². The third kappa shape index (κ3) is 5.34. The quantitative estimate of drug-likeness (QED) is 0.847. The average molecular weight is 374 g/mol. The molecule has 2 saturated heterocycles. The molecular weight excluding hydrogens is 346 g/mol. The van der Waals surface area contributed by atoms with Crippen LogP contribution in [0, 0.1) is 6.92 Å². The van der Waals surface area contributed by atoms with E-state index in [2.05, 4.69) is 50.5 Å². The molecule has 0 amide bonds. The van der Waals surface area contributed by atoms with Crippen LogP contribution in [0.15, 0.2) is 42.6 Å². The Morgan fingerprint density at radius 1 is 0.885 bits per heavy atom. The number of halogens is 1. The van der Waals surface area contributed by atoms with Crippen LogP contribution in [0.25, 0.3) is 0 Å². The zero-order chi connectivity index (χ0) is 18.2. The van der Waals surface area contributed by atoms with Crippen molar-refractivity contribution in [3.63, 3.8) is 0 Å². The van der Waals surface area contributed by atoms with Crippen LogP contribution in [-0.4, -0.2) is 57.3 Å². The Balaban J connectivity index is 0.000000152. The minimum absolute atomic E-state index is 0.823. The van der Waals surface area contributed by atoms with E-state index in [9.17, 15) is 0 Å². The summed E-state index contributed by atoms with van der Waals surface area (Å²) in [6.07, 6.45) is 1.84. The van der Waals surface area contributed by atoms with Crippen LogP contribution >= 0.6 is 11.6 Å². The molecule has 2 aliphatic rings. The molecule has 140 valence electrons. The van der Waals surface area contributed by atoms with Gasteiger partial charge in [0.15, 0.2) is 0 Å². The number of aromatic nitrogens is 1. The number of aryl methyl sites for hydroxylation is 1. The van der Waals surface area contributed by atoms with Crippen molar-refractivity contribution in [2.75, 3.05) is 62.2 Å². The summed E-state index contributed by atoms with van der Waals surface area (Å²) in [5.74, 6) is 1.10. The van der Waals surface area contributed by atoms with E-state index in [0.717, 1.165) is 63.2 Å². The van der Waals surface area contributed by atoms with Gasteiger partial charge in [-0.3, -0.25) is 0 Å². The maximum Gasteiger partial charge on any atom is 0.128 e. The summed E-state index contributed by atoms with van der Waals surface area (Å²) in [6.45, 7) is 10.7. The molecule has 0 unspecified atom stereocenters. The summed E-state index contributed by atoms with van der Waals surface area (Å²) in [5, 5.41) is 7.48. The van der Waals surface area contributed by atoms with Crippen molar-refractivity contribution in [1.29, 1.82) is 0 Å². The highest BCUT2D eigenvalue weighted by molar-refractivity contribution is 6.30. The molecule has 26 heavy (non-hydrogen) atoms. The Morgan fingerprint density at radius 3 is 2.15 bits per heavy atom. The molecule has 2 fully saturated rings. The second kappa shape index (κ2) is 9.76. The molecule has 4 rings (SSSR count). The topological polar surface area (TPSA) is 43.4 Å². The van der Waals surface area contributed by atoms with Crippen molar-refractivity contribution < 1.29 is 0 Å². The van der Waals surface area contributed by atoms with Gasteiger partial charge in [-0.1, -0.05) is 23.7 Å². The molecule has 2 N–H and O–H groups in total. The highest BCUT2D eigenvalue weighted by atomic mass is 35.5. The average Bonchev–Trinajstić information content (AvgIpc) is 2.72. The molecule has 1 aromatic carbocycles. The number of rotatable bonds is 2. The standard InChI is InChI=1S/C11H15ClN2.C9H13N3/c1-9-2-3-10(12)8-11(9)14-6-4-13-5-7-14;1-2-4-11-9(3-1)12-7-5-10-6-8-12/h2-3,8,13H,4-7H2,1H3;1-4,10H,5-8H2. The number of nitrogens with one attached hydrogen (secondary N) is 2. The van der Waals surface area contributed by atoms with E-state index in [1.165, 1.54) is 11.3 Å². The molecule has 6 heteroatoms. The maximum absolute atomic E-state index is 5.99. The summed E-state index contributed by atoms with van der Waals surface area (Å²) < 4.78 is 0. The Labute approximate surface area is 161 Å². The van der Waals surface area contributed by atoms with Gasteiger partial charge in [0.2, 0.25) is 0 Å². The van der Waals surface area contributed by atoms with Crippen LogP contribution in [-0.2, 0) is 0 Å².